The summed E-state index contributed by atoms with van der Waals surface area (Å²) < 4.78 is 7.48. The van der Waals surface area contributed by atoms with Crippen LogP contribution in [-0.4, -0.2) is 28.0 Å². The van der Waals surface area contributed by atoms with E-state index < -0.39 is 0 Å². The van der Waals surface area contributed by atoms with Gasteiger partial charge in [-0.1, -0.05) is 30.3 Å². The molecule has 1 aliphatic rings. The van der Waals surface area contributed by atoms with Gasteiger partial charge in [0.25, 0.3) is 0 Å². The molecular weight excluding hydrogens is 250 g/mol. The minimum Gasteiger partial charge on any atom is -0.379 e. The van der Waals surface area contributed by atoms with Gasteiger partial charge in [0, 0.05) is 12.2 Å². The maximum absolute atomic E-state index is 6.20. The van der Waals surface area contributed by atoms with Crippen molar-refractivity contribution in [2.75, 3.05) is 13.2 Å². The quantitative estimate of drug-likeness (QED) is 0.836. The van der Waals surface area contributed by atoms with Gasteiger partial charge in [-0.2, -0.15) is 0 Å². The van der Waals surface area contributed by atoms with Crippen molar-refractivity contribution in [2.45, 2.75) is 18.9 Å². The summed E-state index contributed by atoms with van der Waals surface area (Å²) in [4.78, 5) is 0. The molecule has 1 saturated heterocycles. The lowest BCUT2D eigenvalue weighted by Gasteiger charge is -2.26. The van der Waals surface area contributed by atoms with Crippen LogP contribution in [0.15, 0.2) is 30.3 Å². The lowest BCUT2D eigenvalue weighted by atomic mass is 10.0. The third-order valence-corrected chi connectivity index (χ3v) is 3.64. The van der Waals surface area contributed by atoms with Crippen molar-refractivity contribution in [1.29, 1.82) is 0 Å². The van der Waals surface area contributed by atoms with Gasteiger partial charge in [-0.05, 0) is 24.9 Å². The molecule has 1 fully saturated rings. The van der Waals surface area contributed by atoms with Crippen molar-refractivity contribution in [3.63, 3.8) is 0 Å². The second kappa shape index (κ2) is 4.37. The van der Waals surface area contributed by atoms with Gasteiger partial charge in [-0.25, -0.2) is 0 Å². The van der Waals surface area contributed by atoms with Crippen LogP contribution < -0.4 is 0 Å². The molecule has 0 spiro atoms. The first kappa shape index (κ1) is 11.7. The molecule has 2 aromatic rings. The topological polar surface area (TPSA) is 39.9 Å². The van der Waals surface area contributed by atoms with E-state index in [4.69, 9.17) is 16.3 Å². The predicted octanol–water partition coefficient (Wildman–Crippen LogP) is 2.73. The van der Waals surface area contributed by atoms with E-state index in [1.165, 1.54) is 0 Å². The number of benzene rings is 1. The minimum atomic E-state index is -0.161. The highest BCUT2D eigenvalue weighted by Gasteiger charge is 2.36. The van der Waals surface area contributed by atoms with E-state index in [0.717, 1.165) is 24.4 Å². The van der Waals surface area contributed by atoms with Crippen LogP contribution in [0.5, 0.6) is 0 Å². The van der Waals surface area contributed by atoms with E-state index in [1.807, 2.05) is 34.9 Å². The Hall–Kier alpha value is -1.39. The zero-order chi connectivity index (χ0) is 12.6. The van der Waals surface area contributed by atoms with Gasteiger partial charge in [0.05, 0.1) is 12.1 Å². The maximum Gasteiger partial charge on any atom is 0.225 e. The number of halogens is 1. The van der Waals surface area contributed by atoms with Crippen LogP contribution in [-0.2, 0) is 10.3 Å². The first-order valence-electron chi connectivity index (χ1n) is 5.95. The van der Waals surface area contributed by atoms with Crippen molar-refractivity contribution >= 4 is 11.6 Å². The number of hydrogen-bond donors (Lipinski definition) is 0. The second-order valence-corrected chi connectivity index (χ2v) is 5.13. The highest BCUT2D eigenvalue weighted by Crippen LogP contribution is 2.34. The van der Waals surface area contributed by atoms with Crippen molar-refractivity contribution in [3.8, 4) is 11.4 Å². The van der Waals surface area contributed by atoms with E-state index in [9.17, 15) is 0 Å². The van der Waals surface area contributed by atoms with Crippen molar-refractivity contribution in [2.24, 2.45) is 0 Å². The largest absolute Gasteiger partial charge is 0.379 e. The third kappa shape index (κ3) is 1.82. The molecule has 1 atom stereocenters. The number of nitrogens with zero attached hydrogens (tertiary/aromatic N) is 3. The van der Waals surface area contributed by atoms with Gasteiger partial charge in [0.15, 0.2) is 5.82 Å². The molecule has 0 saturated carbocycles. The van der Waals surface area contributed by atoms with Crippen LogP contribution in [0.2, 0.25) is 5.28 Å². The van der Waals surface area contributed by atoms with Gasteiger partial charge in [0.2, 0.25) is 5.28 Å². The molecule has 0 aliphatic carbocycles. The molecule has 0 radical (unpaired) electrons. The lowest BCUT2D eigenvalue weighted by Crippen LogP contribution is -2.31. The zero-order valence-electron chi connectivity index (χ0n) is 10.1. The fourth-order valence-corrected chi connectivity index (χ4v) is 2.67. The average molecular weight is 264 g/mol. The Morgan fingerprint density at radius 1 is 1.28 bits per heavy atom. The summed E-state index contributed by atoms with van der Waals surface area (Å²) in [7, 11) is 0. The Bertz CT molecular complexity index is 547. The van der Waals surface area contributed by atoms with Gasteiger partial charge in [0.1, 0.15) is 0 Å². The normalized spacial score (nSPS) is 23.4. The summed E-state index contributed by atoms with van der Waals surface area (Å²) in [6, 6.07) is 9.96. The van der Waals surface area contributed by atoms with E-state index in [2.05, 4.69) is 17.1 Å². The SMILES string of the molecule is CC1(n2c(Cl)nnc2-c2ccccc2)CCOC1. The molecule has 94 valence electrons. The molecule has 1 aromatic heterocycles. The summed E-state index contributed by atoms with van der Waals surface area (Å²) >= 11 is 6.20. The van der Waals surface area contributed by atoms with E-state index in [-0.39, 0.29) is 5.54 Å². The number of rotatable bonds is 2. The van der Waals surface area contributed by atoms with Crippen molar-refractivity contribution in [1.82, 2.24) is 14.8 Å². The van der Waals surface area contributed by atoms with E-state index in [1.54, 1.807) is 0 Å². The molecule has 3 rings (SSSR count). The minimum absolute atomic E-state index is 0.161. The first-order chi connectivity index (χ1) is 8.71. The summed E-state index contributed by atoms with van der Waals surface area (Å²) in [6.07, 6.45) is 0.921. The molecule has 5 heteroatoms. The molecule has 4 nitrogen and oxygen atoms in total. The fourth-order valence-electron chi connectivity index (χ4n) is 2.35. The summed E-state index contributed by atoms with van der Waals surface area (Å²) in [6.45, 7) is 3.52. The van der Waals surface area contributed by atoms with Gasteiger partial charge < -0.3 is 4.74 Å². The molecule has 0 N–H and O–H groups in total. The van der Waals surface area contributed by atoms with Crippen LogP contribution in [0.4, 0.5) is 0 Å². The summed E-state index contributed by atoms with van der Waals surface area (Å²) in [5.74, 6) is 0.800. The van der Waals surface area contributed by atoms with Crippen LogP contribution in [0.1, 0.15) is 13.3 Å². The molecule has 1 unspecified atom stereocenters. The van der Waals surface area contributed by atoms with Gasteiger partial charge >= 0.3 is 0 Å². The lowest BCUT2D eigenvalue weighted by molar-refractivity contribution is 0.162. The van der Waals surface area contributed by atoms with E-state index >= 15 is 0 Å². The molecular formula is C13H14ClN3O. The molecule has 0 amide bonds. The Morgan fingerprint density at radius 3 is 2.72 bits per heavy atom. The maximum atomic E-state index is 6.20. The third-order valence-electron chi connectivity index (χ3n) is 3.39. The van der Waals surface area contributed by atoms with Gasteiger partial charge in [-0.3, -0.25) is 4.57 Å². The molecule has 0 bridgehead atoms. The Labute approximate surface area is 111 Å². The van der Waals surface area contributed by atoms with Gasteiger partial charge in [-0.15, -0.1) is 10.2 Å². The number of hydrogen-bond acceptors (Lipinski definition) is 3. The van der Waals surface area contributed by atoms with Crippen LogP contribution in [0.3, 0.4) is 0 Å². The van der Waals surface area contributed by atoms with Crippen LogP contribution in [0, 0.1) is 0 Å². The zero-order valence-corrected chi connectivity index (χ0v) is 10.9. The first-order valence-corrected chi connectivity index (χ1v) is 6.33. The predicted molar refractivity (Wildman–Crippen MR) is 69.6 cm³/mol. The molecule has 1 aliphatic heterocycles. The summed E-state index contributed by atoms with van der Waals surface area (Å²) in [5, 5.41) is 8.63. The van der Waals surface area contributed by atoms with Crippen molar-refractivity contribution < 1.29 is 4.74 Å². The highest BCUT2D eigenvalue weighted by atomic mass is 35.5. The summed E-state index contributed by atoms with van der Waals surface area (Å²) in [5.41, 5.74) is 0.858. The highest BCUT2D eigenvalue weighted by molar-refractivity contribution is 6.28. The molecule has 18 heavy (non-hydrogen) atoms. The van der Waals surface area contributed by atoms with Crippen LogP contribution in [0.25, 0.3) is 11.4 Å². The molecule has 2 heterocycles. The monoisotopic (exact) mass is 263 g/mol. The Morgan fingerprint density at radius 2 is 2.06 bits per heavy atom. The smallest absolute Gasteiger partial charge is 0.225 e. The standard InChI is InChI=1S/C13H14ClN3O/c1-13(7-8-18-9-13)17-11(15-16-12(17)14)10-5-3-2-4-6-10/h2-6H,7-9H2,1H3. The Balaban J connectivity index is 2.12. The fraction of sp³-hybridized carbons (Fsp3) is 0.385. The second-order valence-electron chi connectivity index (χ2n) is 4.79. The van der Waals surface area contributed by atoms with E-state index in [0.29, 0.717) is 11.9 Å². The number of aromatic nitrogens is 3. The van der Waals surface area contributed by atoms with Crippen LogP contribution >= 0.6 is 11.6 Å². The number of ether oxygens (including phenoxy) is 1. The van der Waals surface area contributed by atoms with Crippen molar-refractivity contribution in [3.05, 3.63) is 35.6 Å². The average Bonchev–Trinajstić information content (AvgIpc) is 2.98. The Kier molecular flexibility index (Phi) is 2.84. The molecule has 1 aromatic carbocycles.